The van der Waals surface area contributed by atoms with Crippen molar-refractivity contribution >= 4 is 39.5 Å². The van der Waals surface area contributed by atoms with Crippen LogP contribution in [0.15, 0.2) is 0 Å². The van der Waals surface area contributed by atoms with Crippen molar-refractivity contribution in [2.75, 3.05) is 39.6 Å². The molecular weight excluding hydrogens is 1380 g/mol. The van der Waals surface area contributed by atoms with Gasteiger partial charge in [-0.2, -0.15) is 0 Å². The van der Waals surface area contributed by atoms with Crippen molar-refractivity contribution in [3.05, 3.63) is 0 Å². The highest BCUT2D eigenvalue weighted by Crippen LogP contribution is 2.45. The smallest absolute Gasteiger partial charge is 0.462 e. The molecule has 106 heavy (non-hydrogen) atoms. The average Bonchev–Trinajstić information content (AvgIpc) is 0.905. The van der Waals surface area contributed by atoms with E-state index in [0.29, 0.717) is 25.7 Å². The molecule has 19 heteroatoms. The van der Waals surface area contributed by atoms with Crippen molar-refractivity contribution in [3.8, 4) is 0 Å². The Morgan fingerprint density at radius 3 is 0.717 bits per heavy atom. The summed E-state index contributed by atoms with van der Waals surface area (Å²) in [6, 6.07) is 0. The number of hydrogen-bond acceptors (Lipinski definition) is 15. The van der Waals surface area contributed by atoms with Gasteiger partial charge in [0.05, 0.1) is 26.4 Å². The van der Waals surface area contributed by atoms with Gasteiger partial charge in [0.15, 0.2) is 12.2 Å². The summed E-state index contributed by atoms with van der Waals surface area (Å²) in [4.78, 5) is 73.3. The average molecular weight is 1550 g/mol. The lowest BCUT2D eigenvalue weighted by Gasteiger charge is -2.21. The number of ether oxygens (including phenoxy) is 4. The topological polar surface area (TPSA) is 237 Å². The van der Waals surface area contributed by atoms with E-state index in [4.69, 9.17) is 37.0 Å². The fourth-order valence-corrected chi connectivity index (χ4v) is 15.1. The van der Waals surface area contributed by atoms with Crippen molar-refractivity contribution in [2.24, 2.45) is 11.8 Å². The molecule has 3 unspecified atom stereocenters. The van der Waals surface area contributed by atoms with E-state index >= 15 is 0 Å². The molecule has 0 radical (unpaired) electrons. The van der Waals surface area contributed by atoms with Gasteiger partial charge in [0.2, 0.25) is 0 Å². The van der Waals surface area contributed by atoms with Crippen molar-refractivity contribution in [2.45, 2.75) is 484 Å². The van der Waals surface area contributed by atoms with E-state index in [0.717, 1.165) is 108 Å². The van der Waals surface area contributed by atoms with Crippen LogP contribution in [0.2, 0.25) is 0 Å². The molecule has 0 amide bonds. The fourth-order valence-electron chi connectivity index (χ4n) is 13.6. The minimum Gasteiger partial charge on any atom is -0.462 e. The third-order valence-electron chi connectivity index (χ3n) is 20.8. The molecule has 6 atom stereocenters. The molecule has 0 aliphatic rings. The standard InChI is InChI=1S/C87H170O17P2/c1-7-10-12-14-16-18-20-22-24-26-28-30-34-38-42-46-50-57-63-69-84(89)97-75-82(103-86(91)71-65-59-51-47-43-39-35-31-29-27-25-23-21-19-17-15-13-11-8-2)77-101-105(93,94)99-73-81(88)74-100-106(95,96)102-78-83(76-98-85(90)70-64-58-54-53-56-62-68-80(6)9-3)104-87(92)72-66-60-52-48-44-40-36-32-33-37-41-45-49-55-61-67-79(4)5/h79-83,88H,7-78H2,1-6H3,(H,93,94)(H,95,96)/t80?,81-,82-,83-/m1/s1. The Bertz CT molecular complexity index is 2030. The monoisotopic (exact) mass is 1550 g/mol. The molecule has 3 N–H and O–H groups in total. The molecule has 0 heterocycles. The lowest BCUT2D eigenvalue weighted by atomic mass is 10.00. The van der Waals surface area contributed by atoms with E-state index in [-0.39, 0.29) is 25.7 Å². The highest BCUT2D eigenvalue weighted by molar-refractivity contribution is 7.47. The number of esters is 4. The van der Waals surface area contributed by atoms with Gasteiger partial charge in [0.1, 0.15) is 19.3 Å². The first kappa shape index (κ1) is 104. The van der Waals surface area contributed by atoms with Crippen LogP contribution in [0.4, 0.5) is 0 Å². The van der Waals surface area contributed by atoms with E-state index < -0.39 is 97.5 Å². The first-order chi connectivity index (χ1) is 51.4. The quantitative estimate of drug-likeness (QED) is 0.0222. The molecule has 0 bridgehead atoms. The van der Waals surface area contributed by atoms with Gasteiger partial charge in [0, 0.05) is 25.7 Å². The lowest BCUT2D eigenvalue weighted by Crippen LogP contribution is -2.30. The molecule has 0 aromatic carbocycles. The van der Waals surface area contributed by atoms with E-state index in [9.17, 15) is 43.2 Å². The second kappa shape index (κ2) is 78.3. The zero-order valence-electron chi connectivity index (χ0n) is 69.7. The van der Waals surface area contributed by atoms with Crippen LogP contribution in [0.25, 0.3) is 0 Å². The maximum absolute atomic E-state index is 13.2. The normalized spacial score (nSPS) is 14.1. The van der Waals surface area contributed by atoms with Gasteiger partial charge in [-0.25, -0.2) is 9.13 Å². The zero-order chi connectivity index (χ0) is 77.8. The molecule has 17 nitrogen and oxygen atoms in total. The molecule has 0 fully saturated rings. The highest BCUT2D eigenvalue weighted by atomic mass is 31.2. The Balaban J connectivity index is 5.23. The number of phosphoric acid groups is 2. The van der Waals surface area contributed by atoms with Gasteiger partial charge in [0.25, 0.3) is 0 Å². The van der Waals surface area contributed by atoms with Crippen molar-refractivity contribution < 1.29 is 80.2 Å². The van der Waals surface area contributed by atoms with Crippen molar-refractivity contribution in [1.82, 2.24) is 0 Å². The second-order valence-electron chi connectivity index (χ2n) is 32.0. The van der Waals surface area contributed by atoms with Crippen LogP contribution in [-0.2, 0) is 65.4 Å². The first-order valence-corrected chi connectivity index (χ1v) is 48.0. The summed E-state index contributed by atoms with van der Waals surface area (Å²) in [5.74, 6) is -0.569. The van der Waals surface area contributed by atoms with Crippen molar-refractivity contribution in [1.29, 1.82) is 0 Å². The van der Waals surface area contributed by atoms with Gasteiger partial charge in [-0.05, 0) is 37.5 Å². The molecule has 0 aliphatic carbocycles. The number of aliphatic hydroxyl groups excluding tert-OH is 1. The Hall–Kier alpha value is -1.94. The summed E-state index contributed by atoms with van der Waals surface area (Å²) in [5.41, 5.74) is 0. The Labute approximate surface area is 651 Å². The predicted octanol–water partition coefficient (Wildman–Crippen LogP) is 26.6. The summed E-state index contributed by atoms with van der Waals surface area (Å²) < 4.78 is 68.9. The van der Waals surface area contributed by atoms with Gasteiger partial charge in [-0.3, -0.25) is 37.3 Å². The van der Waals surface area contributed by atoms with Gasteiger partial charge >= 0.3 is 39.5 Å². The number of unbranched alkanes of at least 4 members (excludes halogenated alkanes) is 55. The van der Waals surface area contributed by atoms with Crippen LogP contribution in [0.5, 0.6) is 0 Å². The minimum absolute atomic E-state index is 0.107. The van der Waals surface area contributed by atoms with Crippen molar-refractivity contribution in [3.63, 3.8) is 0 Å². The molecule has 0 rings (SSSR count). The second-order valence-corrected chi connectivity index (χ2v) is 34.9. The molecule has 0 saturated heterocycles. The number of rotatable bonds is 86. The number of aliphatic hydroxyl groups is 1. The van der Waals surface area contributed by atoms with E-state index in [1.54, 1.807) is 0 Å². The number of phosphoric ester groups is 2. The summed E-state index contributed by atoms with van der Waals surface area (Å²) >= 11 is 0. The molecular formula is C87H170O17P2. The van der Waals surface area contributed by atoms with Crippen LogP contribution in [0.3, 0.4) is 0 Å². The molecule has 0 aliphatic heterocycles. The summed E-state index contributed by atoms with van der Waals surface area (Å²) in [6.45, 7) is 9.66. The fraction of sp³-hybridized carbons (Fsp3) is 0.954. The van der Waals surface area contributed by atoms with Gasteiger partial charge < -0.3 is 33.8 Å². The summed E-state index contributed by atoms with van der Waals surface area (Å²) in [5, 5.41) is 10.7. The van der Waals surface area contributed by atoms with Gasteiger partial charge in [-0.1, -0.05) is 414 Å². The van der Waals surface area contributed by atoms with E-state index in [1.807, 2.05) is 0 Å². The van der Waals surface area contributed by atoms with Crippen LogP contribution in [0.1, 0.15) is 465 Å². The maximum atomic E-state index is 13.2. The largest absolute Gasteiger partial charge is 0.472 e. The Kier molecular flexibility index (Phi) is 76.9. The minimum atomic E-state index is -4.97. The lowest BCUT2D eigenvalue weighted by molar-refractivity contribution is -0.161. The Morgan fingerprint density at radius 1 is 0.274 bits per heavy atom. The highest BCUT2D eigenvalue weighted by Gasteiger charge is 2.30. The van der Waals surface area contributed by atoms with Crippen LogP contribution >= 0.6 is 15.6 Å². The third-order valence-corrected chi connectivity index (χ3v) is 22.7. The van der Waals surface area contributed by atoms with Crippen LogP contribution in [0, 0.1) is 11.8 Å². The predicted molar refractivity (Wildman–Crippen MR) is 437 cm³/mol. The molecule has 0 aromatic rings. The van der Waals surface area contributed by atoms with Crippen LogP contribution < -0.4 is 0 Å². The first-order valence-electron chi connectivity index (χ1n) is 45.0. The van der Waals surface area contributed by atoms with Gasteiger partial charge in [-0.15, -0.1) is 0 Å². The number of carbonyl (C=O) groups is 4. The summed E-state index contributed by atoms with van der Waals surface area (Å²) in [7, 11) is -9.93. The maximum Gasteiger partial charge on any atom is 0.472 e. The third kappa shape index (κ3) is 78.7. The molecule has 630 valence electrons. The molecule has 0 saturated carbocycles. The SMILES string of the molecule is CCCCCCCCCCCCCCCCCCCCCC(=O)OC[C@H](COP(=O)(O)OC[C@@H](O)COP(=O)(O)OC[C@@H](COC(=O)CCCCCCCCC(C)CC)OC(=O)CCCCCCCCCCCCCCCCCC(C)C)OC(=O)CCCCCCCCCCCCCCCCCCCCC. The van der Waals surface area contributed by atoms with E-state index in [2.05, 4.69) is 41.5 Å². The van der Waals surface area contributed by atoms with E-state index in [1.165, 1.54) is 276 Å². The summed E-state index contributed by atoms with van der Waals surface area (Å²) in [6.07, 6.45) is 70.9. The number of carbonyl (C=O) groups excluding carboxylic acids is 4. The zero-order valence-corrected chi connectivity index (χ0v) is 71.5. The Morgan fingerprint density at radius 2 is 0.481 bits per heavy atom. The van der Waals surface area contributed by atoms with Crippen LogP contribution in [-0.4, -0.2) is 96.7 Å². The molecule has 0 spiro atoms. The molecule has 0 aromatic heterocycles. The number of hydrogen-bond donors (Lipinski definition) is 3.